The molecule has 0 unspecified atom stereocenters. The van der Waals surface area contributed by atoms with Crippen molar-refractivity contribution in [2.45, 2.75) is 40.0 Å². The summed E-state index contributed by atoms with van der Waals surface area (Å²) in [4.78, 5) is 0. The van der Waals surface area contributed by atoms with E-state index < -0.39 is 6.15 Å². The van der Waals surface area contributed by atoms with Gasteiger partial charge in [-0.05, 0) is 60.9 Å². The number of aryl methyl sites for hydroxylation is 1. The molecule has 0 aliphatic heterocycles. The quantitative estimate of drug-likeness (QED) is 0.239. The van der Waals surface area contributed by atoms with Crippen molar-refractivity contribution < 1.29 is 0 Å². The first-order valence-corrected chi connectivity index (χ1v) is 13.5. The summed E-state index contributed by atoms with van der Waals surface area (Å²) in [6.07, 6.45) is -0.307. The van der Waals surface area contributed by atoms with Crippen LogP contribution in [0.3, 0.4) is 0 Å². The molecule has 0 amide bonds. The molecule has 0 bridgehead atoms. The Hall–Kier alpha value is -3.84. The molecule has 0 heterocycles. The largest absolute Gasteiger partial charge is 0.195 e. The molecule has 5 aromatic carbocycles. The average molecular weight is 479 g/mol. The molecular weight excluding hydrogens is 443 g/mol. The molecule has 0 aliphatic rings. The summed E-state index contributed by atoms with van der Waals surface area (Å²) in [6.45, 7) is 9.10. The zero-order chi connectivity index (χ0) is 25.8. The lowest BCUT2D eigenvalue weighted by Crippen LogP contribution is -2.74. The summed E-state index contributed by atoms with van der Waals surface area (Å²) in [5, 5.41) is 0. The first kappa shape index (κ1) is 24.8. The van der Waals surface area contributed by atoms with Crippen LogP contribution in [0.25, 0.3) is 0 Å². The van der Waals surface area contributed by atoms with E-state index in [4.69, 9.17) is 0 Å². The molecule has 1 heteroatoms. The standard InChI is InChI=1S/C36H36B/c1-27-23-24-32(30(4)29(27)3)25-28(2)31-15-14-22-36(26-31)37(33-16-8-5-9-17-33,34-18-10-6-11-19-34)35-20-12-7-13-21-35/h5-24,26,28H,25H2,1-4H3/q-1/t28-/m1/s1. The monoisotopic (exact) mass is 479 g/mol. The van der Waals surface area contributed by atoms with Crippen LogP contribution in [0, 0.1) is 20.8 Å². The predicted molar refractivity (Wildman–Crippen MR) is 163 cm³/mol. The third-order valence-corrected chi connectivity index (χ3v) is 8.57. The van der Waals surface area contributed by atoms with Gasteiger partial charge in [0.05, 0.1) is 0 Å². The first-order chi connectivity index (χ1) is 18.0. The van der Waals surface area contributed by atoms with Crippen molar-refractivity contribution in [3.05, 3.63) is 155 Å². The van der Waals surface area contributed by atoms with Gasteiger partial charge < -0.3 is 0 Å². The van der Waals surface area contributed by atoms with Gasteiger partial charge in [-0.25, -0.2) is 0 Å². The van der Waals surface area contributed by atoms with Gasteiger partial charge in [0.15, 0.2) is 0 Å². The number of benzene rings is 5. The van der Waals surface area contributed by atoms with Gasteiger partial charge in [-0.3, -0.25) is 0 Å². The maximum absolute atomic E-state index is 2.48. The van der Waals surface area contributed by atoms with E-state index in [1.165, 1.54) is 49.7 Å². The minimum absolute atomic E-state index is 0.413. The van der Waals surface area contributed by atoms with Gasteiger partial charge in [-0.15, -0.1) is 0 Å². The van der Waals surface area contributed by atoms with Gasteiger partial charge in [0, 0.05) is 0 Å². The van der Waals surface area contributed by atoms with Gasteiger partial charge >= 0.3 is 0 Å². The Kier molecular flexibility index (Phi) is 7.15. The zero-order valence-electron chi connectivity index (χ0n) is 22.5. The van der Waals surface area contributed by atoms with E-state index in [-0.39, 0.29) is 0 Å². The molecule has 0 aromatic heterocycles. The topological polar surface area (TPSA) is 0 Å². The van der Waals surface area contributed by atoms with Crippen molar-refractivity contribution in [1.29, 1.82) is 0 Å². The molecule has 1 atom stereocenters. The van der Waals surface area contributed by atoms with Gasteiger partial charge in [0.1, 0.15) is 6.15 Å². The minimum atomic E-state index is -1.35. The van der Waals surface area contributed by atoms with Crippen LogP contribution >= 0.6 is 0 Å². The zero-order valence-corrected chi connectivity index (χ0v) is 22.5. The highest BCUT2D eigenvalue weighted by atomic mass is 14.2. The molecule has 0 saturated carbocycles. The summed E-state index contributed by atoms with van der Waals surface area (Å²) in [7, 11) is 0. The van der Waals surface area contributed by atoms with Crippen molar-refractivity contribution in [3.8, 4) is 0 Å². The molecule has 0 spiro atoms. The van der Waals surface area contributed by atoms with E-state index in [0.717, 1.165) is 6.42 Å². The Balaban J connectivity index is 1.68. The summed E-state index contributed by atoms with van der Waals surface area (Å²) in [5.74, 6) is 0.413. The number of hydrogen-bond acceptors (Lipinski definition) is 0. The van der Waals surface area contributed by atoms with Crippen molar-refractivity contribution >= 4 is 28.0 Å². The molecule has 0 nitrogen and oxygen atoms in total. The fourth-order valence-electron chi connectivity index (χ4n) is 6.20. The summed E-state index contributed by atoms with van der Waals surface area (Å²) < 4.78 is 0. The normalized spacial score (nSPS) is 12.3. The lowest BCUT2D eigenvalue weighted by Gasteiger charge is -2.44. The smallest absolute Gasteiger partial charge is 0.108 e. The van der Waals surface area contributed by atoms with Gasteiger partial charge in [0.25, 0.3) is 0 Å². The number of hydrogen-bond donors (Lipinski definition) is 0. The fourth-order valence-corrected chi connectivity index (χ4v) is 6.20. The minimum Gasteiger partial charge on any atom is -0.195 e. The molecule has 37 heavy (non-hydrogen) atoms. The summed E-state index contributed by atoms with van der Waals surface area (Å²) >= 11 is 0. The van der Waals surface area contributed by atoms with Crippen LogP contribution in [-0.4, -0.2) is 6.15 Å². The van der Waals surface area contributed by atoms with E-state index >= 15 is 0 Å². The second-order valence-electron chi connectivity index (χ2n) is 10.7. The molecule has 0 N–H and O–H groups in total. The van der Waals surface area contributed by atoms with Crippen LogP contribution in [0.15, 0.2) is 127 Å². The van der Waals surface area contributed by atoms with Crippen molar-refractivity contribution in [3.63, 3.8) is 0 Å². The van der Waals surface area contributed by atoms with Crippen LogP contribution in [0.2, 0.25) is 0 Å². The second-order valence-corrected chi connectivity index (χ2v) is 10.7. The lowest BCUT2D eigenvalue weighted by atomic mass is 9.13. The van der Waals surface area contributed by atoms with E-state index in [2.05, 4.69) is 155 Å². The van der Waals surface area contributed by atoms with Gasteiger partial charge in [0.2, 0.25) is 0 Å². The van der Waals surface area contributed by atoms with E-state index in [1.807, 2.05) is 0 Å². The van der Waals surface area contributed by atoms with Crippen molar-refractivity contribution in [1.82, 2.24) is 0 Å². The second kappa shape index (κ2) is 10.6. The van der Waals surface area contributed by atoms with Crippen LogP contribution in [0.4, 0.5) is 0 Å². The van der Waals surface area contributed by atoms with E-state index in [1.54, 1.807) is 0 Å². The Morgan fingerprint density at radius 3 is 1.51 bits per heavy atom. The molecule has 0 radical (unpaired) electrons. The van der Waals surface area contributed by atoms with Crippen LogP contribution < -0.4 is 21.9 Å². The SMILES string of the molecule is Cc1ccc(C[C@@H](C)c2cccc([B-](c3ccccc3)(c3ccccc3)c3ccccc3)c2)c(C)c1C. The van der Waals surface area contributed by atoms with Gasteiger partial charge in [-0.2, -0.15) is 21.9 Å². The van der Waals surface area contributed by atoms with Crippen molar-refractivity contribution in [2.75, 3.05) is 0 Å². The lowest BCUT2D eigenvalue weighted by molar-refractivity contribution is 0.755. The van der Waals surface area contributed by atoms with Gasteiger partial charge in [-0.1, -0.05) is 134 Å². The Labute approximate surface area is 223 Å². The third kappa shape index (κ3) is 4.67. The Morgan fingerprint density at radius 1 is 0.514 bits per heavy atom. The molecule has 0 aliphatic carbocycles. The number of rotatable bonds is 7. The maximum Gasteiger partial charge on any atom is 0.108 e. The Morgan fingerprint density at radius 2 is 1.00 bits per heavy atom. The van der Waals surface area contributed by atoms with Crippen LogP contribution in [-0.2, 0) is 6.42 Å². The fraction of sp³-hybridized carbons (Fsp3) is 0.167. The third-order valence-electron chi connectivity index (χ3n) is 8.57. The Bertz CT molecular complexity index is 1370. The summed E-state index contributed by atoms with van der Waals surface area (Å²) in [5.41, 5.74) is 12.5. The molecule has 0 saturated heterocycles. The molecule has 0 fully saturated rings. The predicted octanol–water partition coefficient (Wildman–Crippen LogP) is 6.34. The highest BCUT2D eigenvalue weighted by molar-refractivity contribution is 7.19. The van der Waals surface area contributed by atoms with E-state index in [9.17, 15) is 0 Å². The summed E-state index contributed by atoms with van der Waals surface area (Å²) in [6, 6.07) is 47.2. The van der Waals surface area contributed by atoms with Crippen LogP contribution in [0.1, 0.15) is 40.7 Å². The highest BCUT2D eigenvalue weighted by Crippen LogP contribution is 2.25. The average Bonchev–Trinajstić information content (AvgIpc) is 2.96. The first-order valence-electron chi connectivity index (χ1n) is 13.5. The molecular formula is C36H36B-. The molecule has 5 rings (SSSR count). The molecule has 184 valence electrons. The van der Waals surface area contributed by atoms with Crippen LogP contribution in [0.5, 0.6) is 0 Å². The van der Waals surface area contributed by atoms with E-state index in [0.29, 0.717) is 5.92 Å². The molecule has 5 aromatic rings. The highest BCUT2D eigenvalue weighted by Gasteiger charge is 2.31. The maximum atomic E-state index is 2.48. The van der Waals surface area contributed by atoms with Crippen molar-refractivity contribution in [2.24, 2.45) is 0 Å².